The van der Waals surface area contributed by atoms with Gasteiger partial charge >= 0.3 is 0 Å². The van der Waals surface area contributed by atoms with E-state index in [1.165, 1.54) is 0 Å². The quantitative estimate of drug-likeness (QED) is 0.820. The van der Waals surface area contributed by atoms with Crippen molar-refractivity contribution in [1.29, 1.82) is 0 Å². The zero-order chi connectivity index (χ0) is 15.1. The largest absolute Gasteiger partial charge is 0.495 e. The van der Waals surface area contributed by atoms with Crippen LogP contribution in [0.15, 0.2) is 40.9 Å². The van der Waals surface area contributed by atoms with E-state index in [-0.39, 0.29) is 0 Å². The number of hydrogen-bond acceptors (Lipinski definition) is 4. The topological polar surface area (TPSA) is 70.5 Å². The Morgan fingerprint density at radius 1 is 0.850 bits per heavy atom. The van der Waals surface area contributed by atoms with E-state index in [1.54, 1.807) is 20.3 Å². The minimum Gasteiger partial charge on any atom is -0.495 e. The molecule has 4 N–H and O–H groups in total. The van der Waals surface area contributed by atoms with Crippen LogP contribution in [0.2, 0.25) is 0 Å². The summed E-state index contributed by atoms with van der Waals surface area (Å²) in [4.78, 5) is 0. The van der Waals surface area contributed by atoms with E-state index < -0.39 is 0 Å². The van der Waals surface area contributed by atoms with Gasteiger partial charge in [0.2, 0.25) is 0 Å². The molecule has 0 aromatic heterocycles. The zero-order valence-electron chi connectivity index (χ0n) is 11.8. The number of rotatable bonds is 2. The molecule has 0 saturated carbocycles. The normalized spacial score (nSPS) is 9.40. The van der Waals surface area contributed by atoms with Crippen LogP contribution in [0.5, 0.6) is 11.5 Å². The summed E-state index contributed by atoms with van der Waals surface area (Å²) < 4.78 is 10.9. The van der Waals surface area contributed by atoms with E-state index in [0.717, 1.165) is 15.8 Å². The van der Waals surface area contributed by atoms with Crippen LogP contribution >= 0.6 is 15.9 Å². The molecule has 2 aromatic carbocycles. The molecule has 0 aliphatic rings. The summed E-state index contributed by atoms with van der Waals surface area (Å²) in [6.07, 6.45) is 0. The predicted molar refractivity (Wildman–Crippen MR) is 87.2 cm³/mol. The molecular formula is C15H19BrN2O2. The summed E-state index contributed by atoms with van der Waals surface area (Å²) in [6, 6.07) is 11.2. The Hall–Kier alpha value is -1.88. The number of aryl methyl sites for hydroxylation is 1. The Kier molecular flexibility index (Phi) is 6.18. The highest BCUT2D eigenvalue weighted by Crippen LogP contribution is 2.24. The maximum absolute atomic E-state index is 5.57. The monoisotopic (exact) mass is 338 g/mol. The fraction of sp³-hybridized carbons (Fsp3) is 0.200. The van der Waals surface area contributed by atoms with Crippen molar-refractivity contribution in [1.82, 2.24) is 0 Å². The van der Waals surface area contributed by atoms with Crippen LogP contribution in [-0.4, -0.2) is 14.2 Å². The van der Waals surface area contributed by atoms with Gasteiger partial charge in [-0.05, 0) is 42.8 Å². The Bertz CT molecular complexity index is 522. The van der Waals surface area contributed by atoms with Crippen molar-refractivity contribution in [3.63, 3.8) is 0 Å². The average molecular weight is 339 g/mol. The number of benzene rings is 2. The van der Waals surface area contributed by atoms with Crippen molar-refractivity contribution in [2.75, 3.05) is 25.7 Å². The highest BCUT2D eigenvalue weighted by atomic mass is 79.9. The number of nitrogens with two attached hydrogens (primary N) is 2. The molecule has 0 amide bonds. The second-order valence-electron chi connectivity index (χ2n) is 4.13. The van der Waals surface area contributed by atoms with Gasteiger partial charge in [0.05, 0.1) is 25.6 Å². The lowest BCUT2D eigenvalue weighted by atomic mass is 10.2. The van der Waals surface area contributed by atoms with E-state index in [4.69, 9.17) is 20.9 Å². The van der Waals surface area contributed by atoms with Gasteiger partial charge in [-0.1, -0.05) is 22.0 Å². The molecule has 0 fully saturated rings. The molecule has 0 spiro atoms. The molecule has 0 radical (unpaired) electrons. The Labute approximate surface area is 127 Å². The highest BCUT2D eigenvalue weighted by Gasteiger charge is 1.97. The van der Waals surface area contributed by atoms with Gasteiger partial charge in [0.1, 0.15) is 11.5 Å². The van der Waals surface area contributed by atoms with Crippen LogP contribution < -0.4 is 20.9 Å². The minimum absolute atomic E-state index is 0.658. The smallest absolute Gasteiger partial charge is 0.142 e. The lowest BCUT2D eigenvalue weighted by Crippen LogP contribution is -1.91. The summed E-state index contributed by atoms with van der Waals surface area (Å²) in [5, 5.41) is 0. The van der Waals surface area contributed by atoms with Crippen LogP contribution in [-0.2, 0) is 0 Å². The first kappa shape index (κ1) is 16.2. The third kappa shape index (κ3) is 4.66. The van der Waals surface area contributed by atoms with Crippen molar-refractivity contribution < 1.29 is 9.47 Å². The highest BCUT2D eigenvalue weighted by molar-refractivity contribution is 9.10. The molecule has 108 valence electrons. The molecule has 4 nitrogen and oxygen atoms in total. The minimum atomic E-state index is 0.658. The zero-order valence-corrected chi connectivity index (χ0v) is 13.4. The van der Waals surface area contributed by atoms with Crippen LogP contribution in [0.25, 0.3) is 0 Å². The Balaban J connectivity index is 0.000000200. The summed E-state index contributed by atoms with van der Waals surface area (Å²) >= 11 is 3.30. The van der Waals surface area contributed by atoms with Crippen molar-refractivity contribution in [3.05, 3.63) is 46.4 Å². The van der Waals surface area contributed by atoms with E-state index in [0.29, 0.717) is 17.1 Å². The number of anilines is 2. The van der Waals surface area contributed by atoms with Crippen molar-refractivity contribution in [3.8, 4) is 11.5 Å². The van der Waals surface area contributed by atoms with E-state index >= 15 is 0 Å². The molecule has 0 aliphatic carbocycles. The first-order valence-corrected chi connectivity index (χ1v) is 6.76. The molecule has 2 rings (SSSR count). The number of hydrogen-bond donors (Lipinski definition) is 2. The molecule has 0 unspecified atom stereocenters. The summed E-state index contributed by atoms with van der Waals surface area (Å²) in [6.45, 7) is 2.00. The van der Waals surface area contributed by atoms with Gasteiger partial charge in [0.15, 0.2) is 0 Å². The average Bonchev–Trinajstić information content (AvgIpc) is 2.44. The summed E-state index contributed by atoms with van der Waals surface area (Å²) in [5.74, 6) is 1.45. The fourth-order valence-corrected chi connectivity index (χ4v) is 1.84. The molecule has 5 heteroatoms. The van der Waals surface area contributed by atoms with Gasteiger partial charge in [-0.25, -0.2) is 0 Å². The SMILES string of the molecule is COc1cc(Br)ccc1N.COc1cc(C)ccc1N. The van der Waals surface area contributed by atoms with Gasteiger partial charge in [-0.3, -0.25) is 0 Å². The molecular weight excluding hydrogens is 320 g/mol. The van der Waals surface area contributed by atoms with Gasteiger partial charge in [0, 0.05) is 4.47 Å². The van der Waals surface area contributed by atoms with Gasteiger partial charge in [-0.2, -0.15) is 0 Å². The van der Waals surface area contributed by atoms with Crippen molar-refractivity contribution >= 4 is 27.3 Å². The standard InChI is InChI=1S/C8H11NO.C7H8BrNO/c1-6-3-4-7(9)8(5-6)10-2;1-10-7-4-5(8)2-3-6(7)9/h3-5H,9H2,1-2H3;2-4H,9H2,1H3. The first-order valence-electron chi connectivity index (χ1n) is 5.97. The van der Waals surface area contributed by atoms with Gasteiger partial charge in [0.25, 0.3) is 0 Å². The predicted octanol–water partition coefficient (Wildman–Crippen LogP) is 3.63. The van der Waals surface area contributed by atoms with Crippen LogP contribution in [0.3, 0.4) is 0 Å². The fourth-order valence-electron chi connectivity index (χ4n) is 1.50. The Morgan fingerprint density at radius 3 is 1.80 bits per heavy atom. The number of halogens is 1. The molecule has 0 heterocycles. The second kappa shape index (κ2) is 7.65. The van der Waals surface area contributed by atoms with E-state index in [9.17, 15) is 0 Å². The third-order valence-corrected chi connectivity index (χ3v) is 3.08. The Morgan fingerprint density at radius 2 is 1.35 bits per heavy atom. The molecule has 0 saturated heterocycles. The first-order chi connectivity index (χ1) is 9.47. The molecule has 0 aliphatic heterocycles. The maximum Gasteiger partial charge on any atom is 0.142 e. The van der Waals surface area contributed by atoms with Crippen LogP contribution in [0, 0.1) is 6.92 Å². The van der Waals surface area contributed by atoms with Gasteiger partial charge in [-0.15, -0.1) is 0 Å². The molecule has 2 aromatic rings. The van der Waals surface area contributed by atoms with Crippen molar-refractivity contribution in [2.45, 2.75) is 6.92 Å². The summed E-state index contributed by atoms with van der Waals surface area (Å²) in [5.41, 5.74) is 13.6. The summed E-state index contributed by atoms with van der Waals surface area (Å²) in [7, 11) is 3.21. The van der Waals surface area contributed by atoms with Crippen molar-refractivity contribution in [2.24, 2.45) is 0 Å². The molecule has 20 heavy (non-hydrogen) atoms. The van der Waals surface area contributed by atoms with Crippen LogP contribution in [0.4, 0.5) is 11.4 Å². The lowest BCUT2D eigenvalue weighted by Gasteiger charge is -2.03. The third-order valence-electron chi connectivity index (χ3n) is 2.58. The number of ether oxygens (including phenoxy) is 2. The lowest BCUT2D eigenvalue weighted by molar-refractivity contribution is 0.416. The van der Waals surface area contributed by atoms with E-state index in [1.807, 2.05) is 37.3 Å². The number of nitrogen functional groups attached to an aromatic ring is 2. The number of methoxy groups -OCH3 is 2. The van der Waals surface area contributed by atoms with E-state index in [2.05, 4.69) is 15.9 Å². The van der Waals surface area contributed by atoms with Crippen LogP contribution in [0.1, 0.15) is 5.56 Å². The molecule has 0 atom stereocenters. The maximum atomic E-state index is 5.57. The molecule has 0 bridgehead atoms. The second-order valence-corrected chi connectivity index (χ2v) is 5.05. The van der Waals surface area contributed by atoms with Gasteiger partial charge < -0.3 is 20.9 Å².